The number of rotatable bonds is 5. The second-order valence-electron chi connectivity index (χ2n) is 5.63. The quantitative estimate of drug-likeness (QED) is 0.610. The number of nitrogens with two attached hydrogens (primary N) is 1. The Balaban J connectivity index is 2.27. The molecular formula is C14H22N4O4. The largest absolute Gasteiger partial charge is 0.392 e. The number of piperidine rings is 1. The summed E-state index contributed by atoms with van der Waals surface area (Å²) in [6, 6.07) is 0. The van der Waals surface area contributed by atoms with Crippen molar-refractivity contribution in [3.63, 3.8) is 0 Å². The highest BCUT2D eigenvalue weighted by Gasteiger charge is 2.24. The zero-order valence-electron chi connectivity index (χ0n) is 12.7. The van der Waals surface area contributed by atoms with Crippen LogP contribution in [0.25, 0.3) is 0 Å². The van der Waals surface area contributed by atoms with Crippen molar-refractivity contribution in [1.29, 1.82) is 0 Å². The van der Waals surface area contributed by atoms with Crippen molar-refractivity contribution in [2.45, 2.75) is 38.8 Å². The van der Waals surface area contributed by atoms with Crippen molar-refractivity contribution in [2.24, 2.45) is 0 Å². The number of aliphatic hydroxyl groups excluding tert-OH is 1. The van der Waals surface area contributed by atoms with E-state index < -0.39 is 23.1 Å². The fraction of sp³-hybridized carbons (Fsp3) is 0.643. The molecule has 122 valence electrons. The second kappa shape index (κ2) is 6.89. The lowest BCUT2D eigenvalue weighted by Crippen LogP contribution is -2.43. The number of H-pyrrole nitrogens is 1. The standard InChI is InChI=1S/C14H22N4O4/c1-2-5-18-12(15)11(13(21)16-14(18)22)10(20)8-17-6-3-4-9(19)7-17/h9,19H,2-8,15H2,1H3,(H,16,21,22). The molecule has 2 heterocycles. The van der Waals surface area contributed by atoms with E-state index in [2.05, 4.69) is 4.98 Å². The molecular weight excluding hydrogens is 288 g/mol. The van der Waals surface area contributed by atoms with Crippen molar-refractivity contribution >= 4 is 11.6 Å². The molecule has 0 aromatic carbocycles. The van der Waals surface area contributed by atoms with E-state index >= 15 is 0 Å². The summed E-state index contributed by atoms with van der Waals surface area (Å²) < 4.78 is 1.21. The van der Waals surface area contributed by atoms with Gasteiger partial charge in [-0.15, -0.1) is 0 Å². The maximum Gasteiger partial charge on any atom is 0.329 e. The van der Waals surface area contributed by atoms with Crippen LogP contribution in [0.15, 0.2) is 9.59 Å². The number of aromatic nitrogens is 2. The molecule has 0 radical (unpaired) electrons. The van der Waals surface area contributed by atoms with Crippen LogP contribution in [-0.4, -0.2) is 51.1 Å². The smallest absolute Gasteiger partial charge is 0.329 e. The van der Waals surface area contributed by atoms with Crippen molar-refractivity contribution < 1.29 is 9.90 Å². The molecule has 22 heavy (non-hydrogen) atoms. The minimum Gasteiger partial charge on any atom is -0.392 e. The molecule has 1 unspecified atom stereocenters. The minimum atomic E-state index is -0.752. The van der Waals surface area contributed by atoms with Gasteiger partial charge in [-0.3, -0.25) is 24.0 Å². The summed E-state index contributed by atoms with van der Waals surface area (Å²) in [7, 11) is 0. The molecule has 8 heteroatoms. The van der Waals surface area contributed by atoms with Crippen LogP contribution in [0.2, 0.25) is 0 Å². The van der Waals surface area contributed by atoms with Crippen molar-refractivity contribution in [3.05, 3.63) is 26.4 Å². The number of hydrogen-bond donors (Lipinski definition) is 3. The second-order valence-corrected chi connectivity index (χ2v) is 5.63. The summed E-state index contributed by atoms with van der Waals surface area (Å²) in [5, 5.41) is 9.63. The molecule has 0 amide bonds. The fourth-order valence-corrected chi connectivity index (χ4v) is 2.76. The monoisotopic (exact) mass is 310 g/mol. The number of nitrogens with zero attached hydrogens (tertiary/aromatic N) is 2. The number of ketones is 1. The van der Waals surface area contributed by atoms with E-state index in [-0.39, 0.29) is 17.9 Å². The molecule has 1 fully saturated rings. The molecule has 0 aliphatic carbocycles. The number of likely N-dealkylation sites (tertiary alicyclic amines) is 1. The van der Waals surface area contributed by atoms with Crippen LogP contribution < -0.4 is 17.0 Å². The average Bonchev–Trinajstić information content (AvgIpc) is 2.43. The van der Waals surface area contributed by atoms with E-state index in [1.807, 2.05) is 6.92 Å². The molecule has 1 aromatic rings. The van der Waals surface area contributed by atoms with Crippen LogP contribution >= 0.6 is 0 Å². The zero-order valence-corrected chi connectivity index (χ0v) is 12.7. The predicted octanol–water partition coefficient (Wildman–Crippen LogP) is -0.832. The van der Waals surface area contributed by atoms with Gasteiger partial charge in [-0.25, -0.2) is 4.79 Å². The van der Waals surface area contributed by atoms with Crippen molar-refractivity contribution in [3.8, 4) is 0 Å². The highest BCUT2D eigenvalue weighted by molar-refractivity contribution is 6.01. The first-order valence-electron chi connectivity index (χ1n) is 7.50. The first-order valence-corrected chi connectivity index (χ1v) is 7.50. The summed E-state index contributed by atoms with van der Waals surface area (Å²) >= 11 is 0. The Hall–Kier alpha value is -1.93. The number of carbonyl (C=O) groups is 1. The Kier molecular flexibility index (Phi) is 5.15. The third-order valence-corrected chi connectivity index (χ3v) is 3.81. The van der Waals surface area contributed by atoms with Crippen molar-refractivity contribution in [2.75, 3.05) is 25.4 Å². The number of Topliss-reactive ketones (excluding diaryl/α,β-unsaturated/α-hetero) is 1. The average molecular weight is 310 g/mol. The van der Waals surface area contributed by atoms with Gasteiger partial charge in [0.15, 0.2) is 5.78 Å². The minimum absolute atomic E-state index is 0.00860. The third kappa shape index (κ3) is 3.45. The molecule has 4 N–H and O–H groups in total. The van der Waals surface area contributed by atoms with E-state index in [4.69, 9.17) is 5.73 Å². The Morgan fingerprint density at radius 1 is 1.45 bits per heavy atom. The number of hydrogen-bond acceptors (Lipinski definition) is 6. The molecule has 2 rings (SSSR count). The van der Waals surface area contributed by atoms with E-state index in [1.165, 1.54) is 4.57 Å². The predicted molar refractivity (Wildman–Crippen MR) is 82.0 cm³/mol. The molecule has 0 bridgehead atoms. The van der Waals surface area contributed by atoms with Gasteiger partial charge in [-0.2, -0.15) is 0 Å². The molecule has 1 saturated heterocycles. The van der Waals surface area contributed by atoms with Gasteiger partial charge < -0.3 is 10.8 Å². The van der Waals surface area contributed by atoms with E-state index in [1.54, 1.807) is 4.90 Å². The van der Waals surface area contributed by atoms with Crippen LogP contribution in [0.4, 0.5) is 5.82 Å². The van der Waals surface area contributed by atoms with Crippen LogP contribution in [0.3, 0.4) is 0 Å². The number of aromatic amines is 1. The topological polar surface area (TPSA) is 121 Å². The Labute approximate surface area is 127 Å². The van der Waals surface area contributed by atoms with Crippen LogP contribution in [0.1, 0.15) is 36.5 Å². The van der Waals surface area contributed by atoms with E-state index in [9.17, 15) is 19.5 Å². The first-order chi connectivity index (χ1) is 10.4. The van der Waals surface area contributed by atoms with Gasteiger partial charge in [0.1, 0.15) is 11.4 Å². The summed E-state index contributed by atoms with van der Waals surface area (Å²) in [6.45, 7) is 3.31. The normalized spacial score (nSPS) is 19.3. The number of nitrogen functional groups attached to an aromatic ring is 1. The lowest BCUT2D eigenvalue weighted by molar-refractivity contribution is 0.0633. The van der Waals surface area contributed by atoms with E-state index in [0.29, 0.717) is 26.1 Å². The maximum absolute atomic E-state index is 12.4. The van der Waals surface area contributed by atoms with Crippen molar-refractivity contribution in [1.82, 2.24) is 14.5 Å². The zero-order chi connectivity index (χ0) is 16.3. The number of anilines is 1. The molecule has 8 nitrogen and oxygen atoms in total. The molecule has 1 aromatic heterocycles. The van der Waals surface area contributed by atoms with Gasteiger partial charge >= 0.3 is 5.69 Å². The van der Waals surface area contributed by atoms with Gasteiger partial charge in [0.05, 0.1) is 12.6 Å². The van der Waals surface area contributed by atoms with Gasteiger partial charge in [-0.1, -0.05) is 6.92 Å². The molecule has 1 atom stereocenters. The summed E-state index contributed by atoms with van der Waals surface area (Å²) in [6.07, 6.45) is 1.72. The molecule has 0 saturated carbocycles. The lowest BCUT2D eigenvalue weighted by Gasteiger charge is -2.29. The summed E-state index contributed by atoms with van der Waals surface area (Å²) in [5.41, 5.74) is 4.33. The van der Waals surface area contributed by atoms with E-state index in [0.717, 1.165) is 12.8 Å². The number of β-amino-alcohol motifs (C(OH)–C–C–N with tert-alkyl or cyclic N) is 1. The molecule has 1 aliphatic rings. The summed E-state index contributed by atoms with van der Waals surface area (Å²) in [4.78, 5) is 40.0. The maximum atomic E-state index is 12.4. The Morgan fingerprint density at radius 3 is 2.82 bits per heavy atom. The third-order valence-electron chi connectivity index (χ3n) is 3.81. The number of aliphatic hydroxyl groups is 1. The van der Waals surface area contributed by atoms with Gasteiger partial charge in [0.25, 0.3) is 5.56 Å². The highest BCUT2D eigenvalue weighted by atomic mass is 16.3. The number of nitrogens with one attached hydrogen (secondary N) is 1. The van der Waals surface area contributed by atoms with Gasteiger partial charge in [-0.05, 0) is 25.8 Å². The highest BCUT2D eigenvalue weighted by Crippen LogP contribution is 2.12. The van der Waals surface area contributed by atoms with Crippen LogP contribution in [0, 0.1) is 0 Å². The SMILES string of the molecule is CCCn1c(N)c(C(=O)CN2CCCC(O)C2)c(=O)[nH]c1=O. The van der Waals surface area contributed by atoms with Gasteiger partial charge in [0.2, 0.25) is 0 Å². The lowest BCUT2D eigenvalue weighted by atomic mass is 10.1. The fourth-order valence-electron chi connectivity index (χ4n) is 2.76. The van der Waals surface area contributed by atoms with Crippen LogP contribution in [0.5, 0.6) is 0 Å². The van der Waals surface area contributed by atoms with Crippen LogP contribution in [-0.2, 0) is 6.54 Å². The number of carbonyl (C=O) groups excluding carboxylic acids is 1. The first kappa shape index (κ1) is 16.4. The summed E-state index contributed by atoms with van der Waals surface area (Å²) in [5.74, 6) is -0.518. The van der Waals surface area contributed by atoms with Gasteiger partial charge in [0, 0.05) is 13.1 Å². The molecule has 0 spiro atoms. The molecule has 1 aliphatic heterocycles. The Morgan fingerprint density at radius 2 is 2.18 bits per heavy atom. The Bertz CT molecular complexity index is 664.